The smallest absolute Gasteiger partial charge is 0.341 e. The van der Waals surface area contributed by atoms with Crippen molar-refractivity contribution in [2.45, 2.75) is 19.8 Å². The molecule has 2 aromatic carbocycles. The molecule has 0 aromatic heterocycles. The maximum atomic E-state index is 13.1. The number of nitrogens with zero attached hydrogens (tertiary/aromatic N) is 3. The molecule has 0 radical (unpaired) electrons. The lowest BCUT2D eigenvalue weighted by Gasteiger charge is -2.13. The van der Waals surface area contributed by atoms with Crippen molar-refractivity contribution in [3.63, 3.8) is 0 Å². The van der Waals surface area contributed by atoms with E-state index in [1.807, 2.05) is 42.5 Å². The summed E-state index contributed by atoms with van der Waals surface area (Å²) < 4.78 is 8.01. The minimum absolute atomic E-state index is 0.240. The summed E-state index contributed by atoms with van der Waals surface area (Å²) >= 11 is 0. The number of hydrogen-bond donors (Lipinski definition) is 0. The Hall–Kier alpha value is -3.67. The van der Waals surface area contributed by atoms with Gasteiger partial charge in [-0.2, -0.15) is 9.78 Å². The van der Waals surface area contributed by atoms with E-state index >= 15 is 0 Å². The Labute approximate surface area is 168 Å². The van der Waals surface area contributed by atoms with Gasteiger partial charge < -0.3 is 9.30 Å². The topological polar surface area (TPSA) is 66.1 Å². The van der Waals surface area contributed by atoms with Gasteiger partial charge in [-0.3, -0.25) is 4.79 Å². The third-order valence-electron chi connectivity index (χ3n) is 4.93. The SMILES string of the molecule is COC(=O)c1cn(-c2ccc(C(C)C)cc2)cc2c(=O)n(-c3ccccc3)nc1-2. The van der Waals surface area contributed by atoms with Crippen LogP contribution >= 0.6 is 0 Å². The summed E-state index contributed by atoms with van der Waals surface area (Å²) in [6.45, 7) is 4.26. The van der Waals surface area contributed by atoms with E-state index in [4.69, 9.17) is 4.74 Å². The van der Waals surface area contributed by atoms with E-state index < -0.39 is 5.97 Å². The quantitative estimate of drug-likeness (QED) is 0.496. The van der Waals surface area contributed by atoms with Crippen LogP contribution < -0.4 is 5.56 Å². The lowest BCUT2D eigenvalue weighted by molar-refractivity contribution is 0.0600. The number of ether oxygens (including phenoxy) is 1. The van der Waals surface area contributed by atoms with Crippen LogP contribution in [0.15, 0.2) is 71.8 Å². The minimum Gasteiger partial charge on any atom is -0.465 e. The molecule has 6 heteroatoms. The number of benzene rings is 2. The van der Waals surface area contributed by atoms with Crippen molar-refractivity contribution in [2.75, 3.05) is 7.11 Å². The van der Waals surface area contributed by atoms with Crippen molar-refractivity contribution >= 4 is 5.97 Å². The van der Waals surface area contributed by atoms with Gasteiger partial charge in [0.2, 0.25) is 0 Å². The first kappa shape index (κ1) is 18.7. The molecule has 0 saturated carbocycles. The molecule has 29 heavy (non-hydrogen) atoms. The minimum atomic E-state index is -0.541. The Bertz CT molecular complexity index is 1190. The second kappa shape index (κ2) is 7.39. The number of rotatable bonds is 4. The fourth-order valence-corrected chi connectivity index (χ4v) is 3.29. The zero-order chi connectivity index (χ0) is 20.5. The molecular formula is C23H21N3O3. The van der Waals surface area contributed by atoms with Crippen LogP contribution in [0.25, 0.3) is 22.6 Å². The number of aromatic nitrogens is 3. The Morgan fingerprint density at radius 1 is 0.966 bits per heavy atom. The van der Waals surface area contributed by atoms with E-state index in [-0.39, 0.29) is 11.1 Å². The maximum absolute atomic E-state index is 13.1. The van der Waals surface area contributed by atoms with Crippen LogP contribution in [0.2, 0.25) is 0 Å². The molecule has 0 spiro atoms. The number of fused-ring (bicyclic) bond motifs is 1. The average Bonchev–Trinajstić information content (AvgIpc) is 3.09. The molecule has 2 heterocycles. The summed E-state index contributed by atoms with van der Waals surface area (Å²) in [4.78, 5) is 25.5. The van der Waals surface area contributed by atoms with Crippen LogP contribution in [-0.2, 0) is 4.74 Å². The van der Waals surface area contributed by atoms with Crippen molar-refractivity contribution in [3.8, 4) is 22.6 Å². The molecule has 0 amide bonds. The zero-order valence-electron chi connectivity index (χ0n) is 16.5. The standard InChI is InChI=1S/C23H21N3O3/c1-15(2)16-9-11-17(12-10-16)25-13-19-21(20(14-25)23(28)29-3)24-26(22(19)27)18-7-5-4-6-8-18/h4-15H,1-3H3. The second-order valence-electron chi connectivity index (χ2n) is 7.13. The normalized spacial score (nSPS) is 11.2. The van der Waals surface area contributed by atoms with Crippen molar-refractivity contribution in [1.29, 1.82) is 0 Å². The Morgan fingerprint density at radius 2 is 1.66 bits per heavy atom. The highest BCUT2D eigenvalue weighted by atomic mass is 16.5. The number of esters is 1. The lowest BCUT2D eigenvalue weighted by Crippen LogP contribution is -2.15. The van der Waals surface area contributed by atoms with Gasteiger partial charge in [0.15, 0.2) is 0 Å². The molecule has 0 saturated heterocycles. The molecule has 4 rings (SSSR count). The highest BCUT2D eigenvalue weighted by Crippen LogP contribution is 2.25. The molecule has 0 atom stereocenters. The first-order valence-corrected chi connectivity index (χ1v) is 9.38. The number of pyridine rings is 1. The Balaban J connectivity index is 1.93. The first-order valence-electron chi connectivity index (χ1n) is 9.38. The highest BCUT2D eigenvalue weighted by Gasteiger charge is 2.25. The van der Waals surface area contributed by atoms with Gasteiger partial charge in [-0.25, -0.2) is 4.79 Å². The van der Waals surface area contributed by atoms with Crippen LogP contribution in [0.4, 0.5) is 0 Å². The van der Waals surface area contributed by atoms with Gasteiger partial charge in [-0.05, 0) is 35.7 Å². The van der Waals surface area contributed by atoms with Gasteiger partial charge in [-0.1, -0.05) is 44.2 Å². The van der Waals surface area contributed by atoms with Crippen molar-refractivity contribution in [1.82, 2.24) is 14.3 Å². The number of methoxy groups -OCH3 is 1. The monoisotopic (exact) mass is 387 g/mol. The van der Waals surface area contributed by atoms with Gasteiger partial charge in [0, 0.05) is 18.1 Å². The molecule has 146 valence electrons. The number of carbonyl (C=O) groups excluding carboxylic acids is 1. The summed E-state index contributed by atoms with van der Waals surface area (Å²) in [6.07, 6.45) is 3.36. The first-order chi connectivity index (χ1) is 14.0. The number of para-hydroxylation sites is 1. The van der Waals surface area contributed by atoms with Crippen molar-refractivity contribution in [3.05, 3.63) is 88.5 Å². The third kappa shape index (κ3) is 3.33. The average molecular weight is 387 g/mol. The molecule has 0 bridgehead atoms. The van der Waals surface area contributed by atoms with E-state index in [9.17, 15) is 9.59 Å². The Kier molecular flexibility index (Phi) is 4.76. The molecule has 2 aromatic rings. The largest absolute Gasteiger partial charge is 0.465 e. The predicted molar refractivity (Wildman–Crippen MR) is 111 cm³/mol. The molecule has 0 aliphatic carbocycles. The van der Waals surface area contributed by atoms with Gasteiger partial charge in [0.1, 0.15) is 11.3 Å². The van der Waals surface area contributed by atoms with Crippen LogP contribution in [0, 0.1) is 0 Å². The molecule has 0 fully saturated rings. The van der Waals surface area contributed by atoms with Crippen molar-refractivity contribution < 1.29 is 9.53 Å². The van der Waals surface area contributed by atoms with E-state index in [1.165, 1.54) is 17.4 Å². The third-order valence-corrected chi connectivity index (χ3v) is 4.93. The Morgan fingerprint density at radius 3 is 2.28 bits per heavy atom. The lowest BCUT2D eigenvalue weighted by atomic mass is 10.0. The van der Waals surface area contributed by atoms with Crippen LogP contribution in [0.3, 0.4) is 0 Å². The van der Waals surface area contributed by atoms with Crippen LogP contribution in [-0.4, -0.2) is 27.4 Å². The maximum Gasteiger partial charge on any atom is 0.341 e. The molecular weight excluding hydrogens is 366 g/mol. The molecule has 6 nitrogen and oxygen atoms in total. The summed E-state index contributed by atoms with van der Waals surface area (Å²) in [5.41, 5.74) is 3.32. The fourth-order valence-electron chi connectivity index (χ4n) is 3.29. The number of hydrogen-bond acceptors (Lipinski definition) is 4. The summed E-state index contributed by atoms with van der Waals surface area (Å²) in [7, 11) is 1.31. The van der Waals surface area contributed by atoms with Gasteiger partial charge >= 0.3 is 5.97 Å². The summed E-state index contributed by atoms with van der Waals surface area (Å²) in [5, 5.41) is 4.41. The van der Waals surface area contributed by atoms with Crippen LogP contribution in [0.1, 0.15) is 35.7 Å². The molecule has 0 N–H and O–H groups in total. The zero-order valence-corrected chi connectivity index (χ0v) is 16.5. The molecule has 2 aliphatic heterocycles. The van der Waals surface area contributed by atoms with Gasteiger partial charge in [0.05, 0.1) is 18.4 Å². The highest BCUT2D eigenvalue weighted by molar-refractivity contribution is 5.96. The van der Waals surface area contributed by atoms with Gasteiger partial charge in [0.25, 0.3) is 5.56 Å². The van der Waals surface area contributed by atoms with Crippen LogP contribution in [0.5, 0.6) is 0 Å². The second-order valence-corrected chi connectivity index (χ2v) is 7.13. The van der Waals surface area contributed by atoms with E-state index in [0.29, 0.717) is 22.9 Å². The number of carbonyl (C=O) groups is 1. The summed E-state index contributed by atoms with van der Waals surface area (Å²) in [5.74, 6) is -0.125. The molecule has 0 unspecified atom stereocenters. The molecule has 2 aliphatic rings. The van der Waals surface area contributed by atoms with E-state index in [0.717, 1.165) is 5.69 Å². The predicted octanol–water partition coefficient (Wildman–Crippen LogP) is 4.04. The van der Waals surface area contributed by atoms with Crippen molar-refractivity contribution in [2.24, 2.45) is 0 Å². The fraction of sp³-hybridized carbons (Fsp3) is 0.174. The van der Waals surface area contributed by atoms with E-state index in [2.05, 4.69) is 18.9 Å². The summed E-state index contributed by atoms with van der Waals surface area (Å²) in [6, 6.07) is 17.1. The van der Waals surface area contributed by atoms with Gasteiger partial charge in [-0.15, -0.1) is 0 Å². The van der Waals surface area contributed by atoms with E-state index in [1.54, 1.807) is 29.1 Å².